The third kappa shape index (κ3) is 4.47. The van der Waals surface area contributed by atoms with Crippen molar-refractivity contribution in [2.45, 2.75) is 19.4 Å². The van der Waals surface area contributed by atoms with Crippen LogP contribution in [0.5, 0.6) is 0 Å². The highest BCUT2D eigenvalue weighted by atomic mass is 79.9. The highest BCUT2D eigenvalue weighted by Gasteiger charge is 2.29. The van der Waals surface area contributed by atoms with Crippen LogP contribution in [0.4, 0.5) is 0 Å². The highest BCUT2D eigenvalue weighted by Crippen LogP contribution is 2.31. The van der Waals surface area contributed by atoms with Crippen LogP contribution in [0.3, 0.4) is 0 Å². The lowest BCUT2D eigenvalue weighted by Crippen LogP contribution is -2.49. The van der Waals surface area contributed by atoms with Gasteiger partial charge in [-0.05, 0) is 39.5 Å². The van der Waals surface area contributed by atoms with Gasteiger partial charge in [-0.15, -0.1) is 11.3 Å². The molecule has 0 N–H and O–H groups in total. The Labute approximate surface area is 185 Å². The van der Waals surface area contributed by atoms with Crippen molar-refractivity contribution < 1.29 is 4.79 Å². The lowest BCUT2D eigenvalue weighted by Gasteiger charge is -2.39. The number of thiophene rings is 1. The number of nitrogens with zero attached hydrogens (tertiary/aromatic N) is 2. The van der Waals surface area contributed by atoms with E-state index in [1.165, 1.54) is 16.0 Å². The van der Waals surface area contributed by atoms with Gasteiger partial charge in [0, 0.05) is 35.5 Å². The molecule has 2 aromatic carbocycles. The second-order valence-corrected chi connectivity index (χ2v) is 9.28. The van der Waals surface area contributed by atoms with E-state index in [1.807, 2.05) is 11.0 Å². The quantitative estimate of drug-likeness (QED) is 0.484. The highest BCUT2D eigenvalue weighted by molar-refractivity contribution is 9.10. The Morgan fingerprint density at radius 2 is 1.52 bits per heavy atom. The van der Waals surface area contributed by atoms with E-state index in [1.54, 1.807) is 11.3 Å². The summed E-state index contributed by atoms with van der Waals surface area (Å²) in [6.07, 6.45) is 0.947. The van der Waals surface area contributed by atoms with Crippen molar-refractivity contribution in [1.82, 2.24) is 9.80 Å². The van der Waals surface area contributed by atoms with Crippen LogP contribution in [0.25, 0.3) is 0 Å². The van der Waals surface area contributed by atoms with E-state index in [0.29, 0.717) is 0 Å². The maximum atomic E-state index is 13.0. The number of halogens is 1. The first-order chi connectivity index (χ1) is 14.2. The number of hydrogen-bond donors (Lipinski definition) is 0. The number of carbonyl (C=O) groups excluding carboxylic acids is 1. The molecular formula is C24H25BrN2OS. The minimum atomic E-state index is 0.158. The molecule has 0 unspecified atom stereocenters. The fourth-order valence-electron chi connectivity index (χ4n) is 3.98. The van der Waals surface area contributed by atoms with Crippen LogP contribution in [0.15, 0.2) is 71.2 Å². The summed E-state index contributed by atoms with van der Waals surface area (Å²) in [5.41, 5.74) is 2.60. The average Bonchev–Trinajstić information content (AvgIpc) is 3.16. The van der Waals surface area contributed by atoms with Gasteiger partial charge < -0.3 is 4.90 Å². The molecule has 3 aromatic rings. The first-order valence-electron chi connectivity index (χ1n) is 10.1. The van der Waals surface area contributed by atoms with Gasteiger partial charge in [0.15, 0.2) is 0 Å². The van der Waals surface area contributed by atoms with Gasteiger partial charge in [-0.2, -0.15) is 0 Å². The molecule has 150 valence electrons. The van der Waals surface area contributed by atoms with E-state index >= 15 is 0 Å². The van der Waals surface area contributed by atoms with Gasteiger partial charge in [-0.3, -0.25) is 9.69 Å². The summed E-state index contributed by atoms with van der Waals surface area (Å²) < 4.78 is 1.06. The normalized spacial score (nSPS) is 15.1. The van der Waals surface area contributed by atoms with Crippen LogP contribution in [-0.2, 0) is 6.42 Å². The maximum Gasteiger partial charge on any atom is 0.264 e. The Bertz CT molecular complexity index is 910. The second kappa shape index (κ2) is 9.24. The fraction of sp³-hybridized carbons (Fsp3) is 0.292. The third-order valence-electron chi connectivity index (χ3n) is 5.49. The number of aryl methyl sites for hydroxylation is 1. The summed E-state index contributed by atoms with van der Waals surface area (Å²) in [4.78, 5) is 19.6. The molecular weight excluding hydrogens is 444 g/mol. The van der Waals surface area contributed by atoms with Gasteiger partial charge >= 0.3 is 0 Å². The van der Waals surface area contributed by atoms with Gasteiger partial charge in [0.05, 0.1) is 10.9 Å². The molecule has 0 atom stereocenters. The smallest absolute Gasteiger partial charge is 0.264 e. The van der Waals surface area contributed by atoms with Crippen molar-refractivity contribution >= 4 is 33.2 Å². The van der Waals surface area contributed by atoms with E-state index in [0.717, 1.165) is 41.9 Å². The molecule has 0 aliphatic carbocycles. The predicted molar refractivity (Wildman–Crippen MR) is 124 cm³/mol. The van der Waals surface area contributed by atoms with Crippen molar-refractivity contribution in [3.8, 4) is 0 Å². The predicted octanol–water partition coefficient (Wildman–Crippen LogP) is 5.62. The molecule has 0 radical (unpaired) electrons. The summed E-state index contributed by atoms with van der Waals surface area (Å²) in [6.45, 7) is 5.37. The molecule has 1 aliphatic heterocycles. The Morgan fingerprint density at radius 1 is 0.966 bits per heavy atom. The SMILES string of the molecule is CCc1sc(C(=O)N2CCN(C(c3ccccc3)c3ccccc3)CC2)cc1Br. The standard InChI is InChI=1S/C24H25BrN2OS/c1-2-21-20(25)17-22(29-21)24(28)27-15-13-26(14-16-27)23(18-9-5-3-6-10-18)19-11-7-4-8-12-19/h3-12,17,23H,2,13-16H2,1H3. The van der Waals surface area contributed by atoms with Crippen molar-refractivity contribution in [1.29, 1.82) is 0 Å². The van der Waals surface area contributed by atoms with E-state index in [2.05, 4.69) is 88.4 Å². The molecule has 1 aromatic heterocycles. The van der Waals surface area contributed by atoms with E-state index < -0.39 is 0 Å². The van der Waals surface area contributed by atoms with Crippen LogP contribution in [0.2, 0.25) is 0 Å². The van der Waals surface area contributed by atoms with Gasteiger partial charge in [-0.25, -0.2) is 0 Å². The number of hydrogen-bond acceptors (Lipinski definition) is 3. The second-order valence-electron chi connectivity index (χ2n) is 7.29. The van der Waals surface area contributed by atoms with Crippen LogP contribution in [0.1, 0.15) is 38.6 Å². The molecule has 1 amide bonds. The Hall–Kier alpha value is -1.95. The molecule has 3 nitrogen and oxygen atoms in total. The Balaban J connectivity index is 1.50. The number of piperazine rings is 1. The maximum absolute atomic E-state index is 13.0. The van der Waals surface area contributed by atoms with Crippen LogP contribution in [0, 0.1) is 0 Å². The molecule has 4 rings (SSSR count). The van der Waals surface area contributed by atoms with Crippen LogP contribution < -0.4 is 0 Å². The Morgan fingerprint density at radius 3 is 2.00 bits per heavy atom. The summed E-state index contributed by atoms with van der Waals surface area (Å²) in [6, 6.07) is 23.5. The molecule has 2 heterocycles. The zero-order valence-corrected chi connectivity index (χ0v) is 19.0. The molecule has 5 heteroatoms. The molecule has 1 saturated heterocycles. The van der Waals surface area contributed by atoms with E-state index in [9.17, 15) is 4.79 Å². The zero-order chi connectivity index (χ0) is 20.2. The van der Waals surface area contributed by atoms with E-state index in [-0.39, 0.29) is 11.9 Å². The van der Waals surface area contributed by atoms with Crippen molar-refractivity contribution in [3.63, 3.8) is 0 Å². The number of carbonyl (C=O) groups is 1. The summed E-state index contributed by atoms with van der Waals surface area (Å²) in [7, 11) is 0. The number of rotatable bonds is 5. The molecule has 0 spiro atoms. The van der Waals surface area contributed by atoms with Gasteiger partial charge in [0.25, 0.3) is 5.91 Å². The third-order valence-corrected chi connectivity index (χ3v) is 7.72. The number of amides is 1. The van der Waals surface area contributed by atoms with Gasteiger partial charge in [-0.1, -0.05) is 67.6 Å². The topological polar surface area (TPSA) is 23.6 Å². The molecule has 1 fully saturated rings. The van der Waals surface area contributed by atoms with Crippen molar-refractivity contribution in [2.75, 3.05) is 26.2 Å². The molecule has 1 aliphatic rings. The largest absolute Gasteiger partial charge is 0.335 e. The number of benzene rings is 2. The zero-order valence-electron chi connectivity index (χ0n) is 16.6. The molecule has 0 saturated carbocycles. The van der Waals surface area contributed by atoms with Crippen molar-refractivity contribution in [2.24, 2.45) is 0 Å². The van der Waals surface area contributed by atoms with Crippen molar-refractivity contribution in [3.05, 3.63) is 92.1 Å². The molecule has 29 heavy (non-hydrogen) atoms. The lowest BCUT2D eigenvalue weighted by molar-refractivity contribution is 0.0602. The lowest BCUT2D eigenvalue weighted by atomic mass is 9.96. The minimum absolute atomic E-state index is 0.158. The Kier molecular flexibility index (Phi) is 6.48. The molecule has 0 bridgehead atoms. The average molecular weight is 469 g/mol. The monoisotopic (exact) mass is 468 g/mol. The summed E-state index contributed by atoms with van der Waals surface area (Å²) in [5.74, 6) is 0.158. The van der Waals surface area contributed by atoms with Gasteiger partial charge in [0.2, 0.25) is 0 Å². The van der Waals surface area contributed by atoms with E-state index in [4.69, 9.17) is 0 Å². The summed E-state index contributed by atoms with van der Waals surface area (Å²) in [5, 5.41) is 0. The fourth-order valence-corrected chi connectivity index (χ4v) is 5.84. The van der Waals surface area contributed by atoms with Crippen LogP contribution in [-0.4, -0.2) is 41.9 Å². The first kappa shape index (κ1) is 20.3. The minimum Gasteiger partial charge on any atom is -0.335 e. The summed E-state index contributed by atoms with van der Waals surface area (Å²) >= 11 is 5.19. The van der Waals surface area contributed by atoms with Gasteiger partial charge in [0.1, 0.15) is 0 Å². The van der Waals surface area contributed by atoms with Crippen LogP contribution >= 0.6 is 27.3 Å². The first-order valence-corrected chi connectivity index (χ1v) is 11.7.